The third-order valence-corrected chi connectivity index (χ3v) is 2.35. The molecule has 0 radical (unpaired) electrons. The second kappa shape index (κ2) is 4.82. The summed E-state index contributed by atoms with van der Waals surface area (Å²) in [6.07, 6.45) is 1.38. The fraction of sp³-hybridized carbons (Fsp3) is 0.231. The molecule has 0 unspecified atom stereocenters. The molecule has 0 aliphatic rings. The summed E-state index contributed by atoms with van der Waals surface area (Å²) >= 11 is 0. The average molecular weight is 231 g/mol. The number of esters is 1. The van der Waals surface area contributed by atoms with Gasteiger partial charge in [0.15, 0.2) is 5.76 Å². The topological polar surface area (TPSA) is 52.3 Å². The van der Waals surface area contributed by atoms with Gasteiger partial charge in [-0.05, 0) is 19.9 Å². The molecule has 2 aromatic rings. The van der Waals surface area contributed by atoms with Crippen LogP contribution in [-0.4, -0.2) is 17.7 Å². The minimum absolute atomic E-state index is 0.331. The molecule has 0 bridgehead atoms. The Labute approximate surface area is 99.2 Å². The van der Waals surface area contributed by atoms with E-state index in [1.54, 1.807) is 6.92 Å². The highest BCUT2D eigenvalue weighted by Gasteiger charge is 2.18. The minimum atomic E-state index is -0.412. The van der Waals surface area contributed by atoms with E-state index in [1.165, 1.54) is 6.20 Å². The molecular weight excluding hydrogens is 218 g/mol. The fourth-order valence-electron chi connectivity index (χ4n) is 1.59. The lowest BCUT2D eigenvalue weighted by Crippen LogP contribution is -2.04. The van der Waals surface area contributed by atoms with Gasteiger partial charge in [0.25, 0.3) is 0 Å². The second-order valence-corrected chi connectivity index (χ2v) is 3.66. The van der Waals surface area contributed by atoms with Crippen molar-refractivity contribution in [1.29, 1.82) is 0 Å². The summed E-state index contributed by atoms with van der Waals surface area (Å²) in [4.78, 5) is 11.7. The summed E-state index contributed by atoms with van der Waals surface area (Å²) in [5.41, 5.74) is 2.27. The molecule has 17 heavy (non-hydrogen) atoms. The van der Waals surface area contributed by atoms with Crippen LogP contribution in [0.1, 0.15) is 22.8 Å². The highest BCUT2D eigenvalue weighted by Crippen LogP contribution is 2.24. The van der Waals surface area contributed by atoms with Crippen molar-refractivity contribution in [2.45, 2.75) is 13.8 Å². The maximum atomic E-state index is 11.7. The van der Waals surface area contributed by atoms with Crippen molar-refractivity contribution in [3.05, 3.63) is 41.6 Å². The summed E-state index contributed by atoms with van der Waals surface area (Å²) < 4.78 is 10.1. The van der Waals surface area contributed by atoms with Crippen molar-refractivity contribution >= 4 is 5.97 Å². The van der Waals surface area contributed by atoms with Crippen LogP contribution in [0.5, 0.6) is 0 Å². The molecule has 0 N–H and O–H groups in total. The van der Waals surface area contributed by atoms with Crippen molar-refractivity contribution in [2.24, 2.45) is 0 Å². The predicted molar refractivity (Wildman–Crippen MR) is 62.6 cm³/mol. The van der Waals surface area contributed by atoms with Gasteiger partial charge in [-0.25, -0.2) is 4.79 Å². The van der Waals surface area contributed by atoms with Crippen LogP contribution < -0.4 is 0 Å². The van der Waals surface area contributed by atoms with Gasteiger partial charge in [0, 0.05) is 5.56 Å². The number of carbonyl (C=O) groups is 1. The number of hydrogen-bond acceptors (Lipinski definition) is 4. The molecule has 1 heterocycles. The number of carbonyl (C=O) groups excluding carboxylic acids is 1. The van der Waals surface area contributed by atoms with Gasteiger partial charge in [-0.2, -0.15) is 0 Å². The highest BCUT2D eigenvalue weighted by atomic mass is 16.5. The summed E-state index contributed by atoms with van der Waals surface area (Å²) in [7, 11) is 0. The van der Waals surface area contributed by atoms with E-state index in [9.17, 15) is 4.79 Å². The standard InChI is InChI=1S/C13H13NO3/c1-3-16-13(15)11-8-14-17-12(11)10-6-4-5-9(2)7-10/h4-8H,3H2,1-2H3. The summed E-state index contributed by atoms with van der Waals surface area (Å²) in [5, 5.41) is 3.66. The van der Waals surface area contributed by atoms with E-state index >= 15 is 0 Å². The maximum absolute atomic E-state index is 11.7. The Bertz CT molecular complexity index is 531. The molecule has 1 aromatic heterocycles. The number of benzene rings is 1. The van der Waals surface area contributed by atoms with E-state index in [0.717, 1.165) is 11.1 Å². The molecule has 0 aliphatic heterocycles. The van der Waals surface area contributed by atoms with Crippen LogP contribution in [0.4, 0.5) is 0 Å². The first-order chi connectivity index (χ1) is 8.22. The van der Waals surface area contributed by atoms with E-state index in [-0.39, 0.29) is 0 Å². The van der Waals surface area contributed by atoms with Crippen LogP contribution in [0.3, 0.4) is 0 Å². The number of rotatable bonds is 3. The molecule has 0 saturated heterocycles. The Morgan fingerprint density at radius 1 is 1.47 bits per heavy atom. The Balaban J connectivity index is 2.40. The van der Waals surface area contributed by atoms with Gasteiger partial charge in [0.1, 0.15) is 5.56 Å². The lowest BCUT2D eigenvalue weighted by Gasteiger charge is -2.02. The predicted octanol–water partition coefficient (Wildman–Crippen LogP) is 2.83. The molecule has 2 rings (SSSR count). The van der Waals surface area contributed by atoms with Gasteiger partial charge in [-0.15, -0.1) is 0 Å². The van der Waals surface area contributed by atoms with Gasteiger partial charge in [0.05, 0.1) is 12.8 Å². The number of aryl methyl sites for hydroxylation is 1. The van der Waals surface area contributed by atoms with Crippen LogP contribution in [0, 0.1) is 6.92 Å². The van der Waals surface area contributed by atoms with E-state index in [1.807, 2.05) is 31.2 Å². The number of hydrogen-bond donors (Lipinski definition) is 0. The van der Waals surface area contributed by atoms with Crippen LogP contribution in [0.15, 0.2) is 35.0 Å². The molecule has 0 fully saturated rings. The molecule has 1 aromatic carbocycles. The van der Waals surface area contributed by atoms with Crippen LogP contribution >= 0.6 is 0 Å². The molecule has 4 heteroatoms. The Kier molecular flexibility index (Phi) is 3.23. The number of ether oxygens (including phenoxy) is 1. The molecule has 0 aliphatic carbocycles. The lowest BCUT2D eigenvalue weighted by molar-refractivity contribution is 0.0527. The zero-order valence-corrected chi connectivity index (χ0v) is 9.77. The minimum Gasteiger partial charge on any atom is -0.462 e. The first-order valence-electron chi connectivity index (χ1n) is 5.41. The molecule has 0 spiro atoms. The number of nitrogens with zero attached hydrogens (tertiary/aromatic N) is 1. The molecule has 4 nitrogen and oxygen atoms in total. The van der Waals surface area contributed by atoms with Crippen molar-refractivity contribution in [3.8, 4) is 11.3 Å². The summed E-state index contributed by atoms with van der Waals surface area (Å²) in [5.74, 6) is 0.0393. The van der Waals surface area contributed by atoms with Gasteiger partial charge in [0.2, 0.25) is 0 Å². The average Bonchev–Trinajstić information content (AvgIpc) is 2.78. The first kappa shape index (κ1) is 11.4. The first-order valence-corrected chi connectivity index (χ1v) is 5.41. The van der Waals surface area contributed by atoms with E-state index in [2.05, 4.69) is 5.16 Å². The Hall–Kier alpha value is -2.10. The monoisotopic (exact) mass is 231 g/mol. The van der Waals surface area contributed by atoms with Crippen molar-refractivity contribution in [3.63, 3.8) is 0 Å². The van der Waals surface area contributed by atoms with E-state index in [0.29, 0.717) is 17.9 Å². The van der Waals surface area contributed by atoms with Crippen molar-refractivity contribution < 1.29 is 14.1 Å². The molecule has 88 valence electrons. The van der Waals surface area contributed by atoms with Crippen LogP contribution in [0.2, 0.25) is 0 Å². The summed E-state index contributed by atoms with van der Waals surface area (Å²) in [6.45, 7) is 4.07. The molecule has 0 atom stereocenters. The number of aromatic nitrogens is 1. The normalized spacial score (nSPS) is 10.2. The smallest absolute Gasteiger partial charge is 0.343 e. The molecular formula is C13H13NO3. The fourth-order valence-corrected chi connectivity index (χ4v) is 1.59. The second-order valence-electron chi connectivity index (χ2n) is 3.66. The quantitative estimate of drug-likeness (QED) is 0.762. The molecule has 0 saturated carbocycles. The van der Waals surface area contributed by atoms with Crippen molar-refractivity contribution in [2.75, 3.05) is 6.61 Å². The Morgan fingerprint density at radius 3 is 3.00 bits per heavy atom. The highest BCUT2D eigenvalue weighted by molar-refractivity contribution is 5.95. The molecule has 0 amide bonds. The van der Waals surface area contributed by atoms with Gasteiger partial charge in [-0.3, -0.25) is 0 Å². The van der Waals surface area contributed by atoms with Gasteiger partial charge < -0.3 is 9.26 Å². The van der Waals surface area contributed by atoms with E-state index < -0.39 is 5.97 Å². The van der Waals surface area contributed by atoms with Gasteiger partial charge >= 0.3 is 5.97 Å². The third kappa shape index (κ3) is 2.36. The zero-order valence-electron chi connectivity index (χ0n) is 9.77. The largest absolute Gasteiger partial charge is 0.462 e. The van der Waals surface area contributed by atoms with E-state index in [4.69, 9.17) is 9.26 Å². The lowest BCUT2D eigenvalue weighted by atomic mass is 10.1. The van der Waals surface area contributed by atoms with Crippen LogP contribution in [-0.2, 0) is 4.74 Å². The van der Waals surface area contributed by atoms with Gasteiger partial charge in [-0.1, -0.05) is 28.9 Å². The SMILES string of the molecule is CCOC(=O)c1cnoc1-c1cccc(C)c1. The third-order valence-electron chi connectivity index (χ3n) is 2.35. The Morgan fingerprint density at radius 2 is 2.29 bits per heavy atom. The summed E-state index contributed by atoms with van der Waals surface area (Å²) in [6, 6.07) is 7.69. The van der Waals surface area contributed by atoms with Crippen LogP contribution in [0.25, 0.3) is 11.3 Å². The maximum Gasteiger partial charge on any atom is 0.343 e. The van der Waals surface area contributed by atoms with Crippen molar-refractivity contribution in [1.82, 2.24) is 5.16 Å². The zero-order chi connectivity index (χ0) is 12.3.